The average molecular weight is 469 g/mol. The van der Waals surface area contributed by atoms with Crippen molar-refractivity contribution in [2.75, 3.05) is 25.6 Å². The summed E-state index contributed by atoms with van der Waals surface area (Å²) in [5, 5.41) is 4.08. The van der Waals surface area contributed by atoms with Crippen LogP contribution in [0.2, 0.25) is 0 Å². The smallest absolute Gasteiger partial charge is 0.277 e. The Morgan fingerprint density at radius 1 is 1.13 bits per heavy atom. The van der Waals surface area contributed by atoms with Crippen molar-refractivity contribution in [2.24, 2.45) is 5.10 Å². The maximum atomic E-state index is 12.0. The highest BCUT2D eigenvalue weighted by atomic mass is 79.9. The van der Waals surface area contributed by atoms with Crippen molar-refractivity contribution in [1.82, 2.24) is 9.99 Å². The van der Waals surface area contributed by atoms with Gasteiger partial charge in [-0.15, -0.1) is 0 Å². The summed E-state index contributed by atoms with van der Waals surface area (Å²) < 4.78 is 8.56. The Bertz CT molecular complexity index is 1040. The predicted octanol–water partition coefficient (Wildman–Crippen LogP) is 4.45. The Labute approximate surface area is 185 Å². The third-order valence-corrected chi connectivity index (χ3v) is 5.20. The number of amides is 1. The number of anilines is 1. The SMILES string of the molecule is Cc1cc(/C=N\NC(=O)COc2ccc(Br)cc2)c(C)n1-c1ccc(N(C)C)cc1. The molecular weight excluding hydrogens is 444 g/mol. The molecule has 0 bridgehead atoms. The Morgan fingerprint density at radius 3 is 2.43 bits per heavy atom. The number of hydrazone groups is 1. The van der Waals surface area contributed by atoms with Gasteiger partial charge in [-0.25, -0.2) is 5.43 Å². The normalized spacial score (nSPS) is 11.0. The van der Waals surface area contributed by atoms with Crippen LogP contribution in [0.1, 0.15) is 17.0 Å². The monoisotopic (exact) mass is 468 g/mol. The molecule has 1 heterocycles. The Kier molecular flexibility index (Phi) is 6.95. The average Bonchev–Trinajstić information content (AvgIpc) is 3.01. The van der Waals surface area contributed by atoms with Crippen molar-refractivity contribution in [3.8, 4) is 11.4 Å². The molecule has 0 aliphatic heterocycles. The van der Waals surface area contributed by atoms with E-state index < -0.39 is 0 Å². The number of hydrogen-bond donors (Lipinski definition) is 1. The zero-order valence-electron chi connectivity index (χ0n) is 17.5. The lowest BCUT2D eigenvalue weighted by Crippen LogP contribution is -2.24. The summed E-state index contributed by atoms with van der Waals surface area (Å²) in [6, 6.07) is 17.7. The number of benzene rings is 2. The fourth-order valence-corrected chi connectivity index (χ4v) is 3.37. The van der Waals surface area contributed by atoms with E-state index in [9.17, 15) is 4.79 Å². The molecule has 6 nitrogen and oxygen atoms in total. The molecule has 0 radical (unpaired) electrons. The number of hydrogen-bond acceptors (Lipinski definition) is 4. The molecule has 0 saturated carbocycles. The van der Waals surface area contributed by atoms with Crippen LogP contribution in [0.15, 0.2) is 64.2 Å². The molecule has 0 fully saturated rings. The summed E-state index contributed by atoms with van der Waals surface area (Å²) in [6.07, 6.45) is 1.66. The second-order valence-electron chi connectivity index (χ2n) is 7.11. The number of carbonyl (C=O) groups is 1. The lowest BCUT2D eigenvalue weighted by atomic mass is 10.2. The van der Waals surface area contributed by atoms with E-state index >= 15 is 0 Å². The highest BCUT2D eigenvalue weighted by molar-refractivity contribution is 9.10. The van der Waals surface area contributed by atoms with Crippen LogP contribution in [0, 0.1) is 13.8 Å². The minimum absolute atomic E-state index is 0.101. The molecule has 0 atom stereocenters. The predicted molar refractivity (Wildman–Crippen MR) is 125 cm³/mol. The summed E-state index contributed by atoms with van der Waals surface area (Å²) in [4.78, 5) is 14.0. The van der Waals surface area contributed by atoms with Crippen LogP contribution >= 0.6 is 15.9 Å². The minimum atomic E-state index is -0.317. The van der Waals surface area contributed by atoms with Crippen LogP contribution < -0.4 is 15.1 Å². The number of rotatable bonds is 7. The first-order valence-electron chi connectivity index (χ1n) is 9.52. The number of carbonyl (C=O) groups excluding carboxylic acids is 1. The molecule has 2 aromatic carbocycles. The van der Waals surface area contributed by atoms with Crippen LogP contribution in [-0.2, 0) is 4.79 Å². The van der Waals surface area contributed by atoms with E-state index in [1.54, 1.807) is 18.3 Å². The number of nitrogens with zero attached hydrogens (tertiary/aromatic N) is 3. The van der Waals surface area contributed by atoms with E-state index in [0.717, 1.165) is 32.8 Å². The third-order valence-electron chi connectivity index (χ3n) is 4.67. The van der Waals surface area contributed by atoms with Crippen molar-refractivity contribution in [3.63, 3.8) is 0 Å². The summed E-state index contributed by atoms with van der Waals surface area (Å²) in [6.45, 7) is 3.98. The van der Waals surface area contributed by atoms with Gasteiger partial charge in [0.1, 0.15) is 5.75 Å². The van der Waals surface area contributed by atoms with Crippen LogP contribution in [0.3, 0.4) is 0 Å². The first-order chi connectivity index (χ1) is 14.3. The van der Waals surface area contributed by atoms with E-state index in [0.29, 0.717) is 5.75 Å². The molecule has 1 amide bonds. The Balaban J connectivity index is 1.62. The molecule has 3 aromatic rings. The van der Waals surface area contributed by atoms with Gasteiger partial charge in [-0.3, -0.25) is 4.79 Å². The Hall–Kier alpha value is -3.06. The van der Waals surface area contributed by atoms with Gasteiger partial charge >= 0.3 is 0 Å². The molecule has 0 aliphatic rings. The van der Waals surface area contributed by atoms with Gasteiger partial charge in [-0.1, -0.05) is 15.9 Å². The number of nitrogens with one attached hydrogen (secondary N) is 1. The van der Waals surface area contributed by atoms with Crippen LogP contribution in [0.4, 0.5) is 5.69 Å². The first kappa shape index (κ1) is 21.6. The van der Waals surface area contributed by atoms with E-state index in [4.69, 9.17) is 4.74 Å². The topological polar surface area (TPSA) is 58.9 Å². The number of aryl methyl sites for hydroxylation is 1. The van der Waals surface area contributed by atoms with Gasteiger partial charge < -0.3 is 14.2 Å². The lowest BCUT2D eigenvalue weighted by Gasteiger charge is -2.14. The fraction of sp³-hybridized carbons (Fsp3) is 0.217. The van der Waals surface area contributed by atoms with E-state index in [2.05, 4.69) is 67.1 Å². The first-order valence-corrected chi connectivity index (χ1v) is 10.3. The van der Waals surface area contributed by atoms with Gasteiger partial charge in [-0.2, -0.15) is 5.10 Å². The van der Waals surface area contributed by atoms with Crippen molar-refractivity contribution < 1.29 is 9.53 Å². The standard InChI is InChI=1S/C23H25BrN4O2/c1-16-13-18(17(2)28(16)21-9-7-20(8-10-21)27(3)4)14-25-26-23(29)15-30-22-11-5-19(24)6-12-22/h5-14H,15H2,1-4H3,(H,26,29)/b25-14-. The summed E-state index contributed by atoms with van der Waals surface area (Å²) >= 11 is 3.36. The molecule has 30 heavy (non-hydrogen) atoms. The second kappa shape index (κ2) is 9.63. The fourth-order valence-electron chi connectivity index (χ4n) is 3.10. The van der Waals surface area contributed by atoms with Crippen molar-refractivity contribution in [2.45, 2.75) is 13.8 Å². The molecule has 1 aromatic heterocycles. The van der Waals surface area contributed by atoms with Gasteiger partial charge in [0, 0.05) is 46.9 Å². The summed E-state index contributed by atoms with van der Waals surface area (Å²) in [5.41, 5.74) is 7.83. The minimum Gasteiger partial charge on any atom is -0.484 e. The molecule has 7 heteroatoms. The molecular formula is C23H25BrN4O2. The van der Waals surface area contributed by atoms with E-state index in [1.165, 1.54) is 0 Å². The van der Waals surface area contributed by atoms with Gasteiger partial charge in [-0.05, 0) is 68.4 Å². The number of ether oxygens (including phenoxy) is 1. The zero-order chi connectivity index (χ0) is 21.7. The van der Waals surface area contributed by atoms with E-state index in [1.807, 2.05) is 39.2 Å². The Morgan fingerprint density at radius 2 is 1.80 bits per heavy atom. The van der Waals surface area contributed by atoms with Crippen molar-refractivity contribution in [3.05, 3.63) is 76.0 Å². The highest BCUT2D eigenvalue weighted by Crippen LogP contribution is 2.22. The third kappa shape index (κ3) is 5.30. The lowest BCUT2D eigenvalue weighted by molar-refractivity contribution is -0.123. The highest BCUT2D eigenvalue weighted by Gasteiger charge is 2.10. The maximum absolute atomic E-state index is 12.0. The largest absolute Gasteiger partial charge is 0.484 e. The van der Waals surface area contributed by atoms with Gasteiger partial charge in [0.15, 0.2) is 6.61 Å². The zero-order valence-corrected chi connectivity index (χ0v) is 19.1. The second-order valence-corrected chi connectivity index (χ2v) is 8.02. The summed E-state index contributed by atoms with van der Waals surface area (Å²) in [5.74, 6) is 0.309. The van der Waals surface area contributed by atoms with Crippen LogP contribution in [0.25, 0.3) is 5.69 Å². The van der Waals surface area contributed by atoms with Gasteiger partial charge in [0.2, 0.25) is 0 Å². The number of aromatic nitrogens is 1. The molecule has 3 rings (SSSR count). The molecule has 0 saturated heterocycles. The molecule has 0 aliphatic carbocycles. The van der Waals surface area contributed by atoms with Crippen LogP contribution in [0.5, 0.6) is 5.75 Å². The molecule has 1 N–H and O–H groups in total. The van der Waals surface area contributed by atoms with Gasteiger partial charge in [0.05, 0.1) is 6.21 Å². The number of halogens is 1. The maximum Gasteiger partial charge on any atom is 0.277 e. The quantitative estimate of drug-likeness (QED) is 0.411. The van der Waals surface area contributed by atoms with E-state index in [-0.39, 0.29) is 12.5 Å². The van der Waals surface area contributed by atoms with Crippen molar-refractivity contribution >= 4 is 33.7 Å². The molecule has 0 unspecified atom stereocenters. The molecule has 0 spiro atoms. The summed E-state index contributed by atoms with van der Waals surface area (Å²) in [7, 11) is 4.04. The van der Waals surface area contributed by atoms with Crippen molar-refractivity contribution in [1.29, 1.82) is 0 Å². The van der Waals surface area contributed by atoms with Gasteiger partial charge in [0.25, 0.3) is 5.91 Å². The molecule has 156 valence electrons. The van der Waals surface area contributed by atoms with Crippen LogP contribution in [-0.4, -0.2) is 37.4 Å².